The van der Waals surface area contributed by atoms with Crippen LogP contribution in [0.15, 0.2) is 12.1 Å². The van der Waals surface area contributed by atoms with E-state index < -0.39 is 0 Å². The molecular weight excluding hydrogens is 230 g/mol. The minimum Gasteiger partial charge on any atom is -0.312 e. The molecule has 0 amide bonds. The van der Waals surface area contributed by atoms with Crippen LogP contribution in [-0.4, -0.2) is 6.54 Å². The van der Waals surface area contributed by atoms with Crippen molar-refractivity contribution in [3.8, 4) is 0 Å². The molecule has 106 valence electrons. The summed E-state index contributed by atoms with van der Waals surface area (Å²) in [6.07, 6.45) is 5.70. The summed E-state index contributed by atoms with van der Waals surface area (Å²) >= 11 is 0. The molecule has 0 heterocycles. The predicted octanol–water partition coefficient (Wildman–Crippen LogP) is 4.53. The summed E-state index contributed by atoms with van der Waals surface area (Å²) in [5.41, 5.74) is 5.70. The molecule has 2 unspecified atom stereocenters. The molecular formula is C18H29N. The lowest BCUT2D eigenvalue weighted by Crippen LogP contribution is -2.26. The van der Waals surface area contributed by atoms with Crippen molar-refractivity contribution in [2.24, 2.45) is 11.8 Å². The van der Waals surface area contributed by atoms with Crippen molar-refractivity contribution in [3.05, 3.63) is 34.4 Å². The Morgan fingerprint density at radius 3 is 2.53 bits per heavy atom. The summed E-state index contributed by atoms with van der Waals surface area (Å²) in [6, 6.07) is 4.66. The van der Waals surface area contributed by atoms with E-state index in [1.807, 2.05) is 0 Å². The van der Waals surface area contributed by atoms with Crippen molar-refractivity contribution in [3.63, 3.8) is 0 Å². The van der Waals surface area contributed by atoms with Crippen molar-refractivity contribution >= 4 is 0 Å². The number of rotatable bonds is 4. The first-order chi connectivity index (χ1) is 9.06. The van der Waals surface area contributed by atoms with Gasteiger partial charge in [0.05, 0.1) is 0 Å². The standard InChI is InChI=1S/C18H29N/c1-13-6-5-7-17(8-13)11-19-12-18-10-15(3)14(2)9-16(18)4/h9-10,13,17,19H,5-8,11-12H2,1-4H3. The number of benzene rings is 1. The summed E-state index contributed by atoms with van der Waals surface area (Å²) in [6.45, 7) is 11.3. The Morgan fingerprint density at radius 2 is 1.79 bits per heavy atom. The van der Waals surface area contributed by atoms with Crippen LogP contribution in [0.5, 0.6) is 0 Å². The largest absolute Gasteiger partial charge is 0.312 e. The molecule has 1 aliphatic rings. The molecule has 1 nitrogen and oxygen atoms in total. The van der Waals surface area contributed by atoms with Crippen molar-refractivity contribution in [2.75, 3.05) is 6.54 Å². The van der Waals surface area contributed by atoms with Gasteiger partial charge in [-0.15, -0.1) is 0 Å². The highest BCUT2D eigenvalue weighted by Gasteiger charge is 2.18. The van der Waals surface area contributed by atoms with E-state index in [1.54, 1.807) is 0 Å². The predicted molar refractivity (Wildman–Crippen MR) is 83.5 cm³/mol. The fourth-order valence-electron chi connectivity index (χ4n) is 3.37. The van der Waals surface area contributed by atoms with Gasteiger partial charge in [0.2, 0.25) is 0 Å². The monoisotopic (exact) mass is 259 g/mol. The highest BCUT2D eigenvalue weighted by Crippen LogP contribution is 2.28. The van der Waals surface area contributed by atoms with Crippen molar-refractivity contribution in [2.45, 2.75) is 59.9 Å². The second kappa shape index (κ2) is 6.56. The molecule has 2 atom stereocenters. The van der Waals surface area contributed by atoms with E-state index in [1.165, 1.54) is 54.5 Å². The maximum Gasteiger partial charge on any atom is 0.0208 e. The van der Waals surface area contributed by atoms with Gasteiger partial charge in [0, 0.05) is 6.54 Å². The third-order valence-electron chi connectivity index (χ3n) is 4.75. The molecule has 1 aromatic carbocycles. The average molecular weight is 259 g/mol. The molecule has 2 rings (SSSR count). The summed E-state index contributed by atoms with van der Waals surface area (Å²) in [5, 5.41) is 3.68. The van der Waals surface area contributed by atoms with Crippen LogP contribution in [0, 0.1) is 32.6 Å². The first-order valence-electron chi connectivity index (χ1n) is 7.83. The average Bonchev–Trinajstić information content (AvgIpc) is 2.35. The molecule has 1 saturated carbocycles. The topological polar surface area (TPSA) is 12.0 Å². The molecule has 0 bridgehead atoms. The van der Waals surface area contributed by atoms with Crippen molar-refractivity contribution in [1.82, 2.24) is 5.32 Å². The minimum absolute atomic E-state index is 0.899. The van der Waals surface area contributed by atoms with Crippen molar-refractivity contribution in [1.29, 1.82) is 0 Å². The Morgan fingerprint density at radius 1 is 1.05 bits per heavy atom. The summed E-state index contributed by atoms with van der Waals surface area (Å²) in [4.78, 5) is 0. The van der Waals surface area contributed by atoms with Gasteiger partial charge in [-0.1, -0.05) is 31.9 Å². The smallest absolute Gasteiger partial charge is 0.0208 e. The third-order valence-corrected chi connectivity index (χ3v) is 4.75. The van der Waals surface area contributed by atoms with Gasteiger partial charge in [0.25, 0.3) is 0 Å². The Kier molecular flexibility index (Phi) is 5.04. The first-order valence-corrected chi connectivity index (χ1v) is 7.83. The van der Waals surface area contributed by atoms with Crippen LogP contribution in [0.25, 0.3) is 0 Å². The van der Waals surface area contributed by atoms with Gasteiger partial charge in [-0.25, -0.2) is 0 Å². The van der Waals surface area contributed by atoms with E-state index >= 15 is 0 Å². The maximum absolute atomic E-state index is 3.68. The maximum atomic E-state index is 3.68. The summed E-state index contributed by atoms with van der Waals surface area (Å²) < 4.78 is 0. The van der Waals surface area contributed by atoms with Gasteiger partial charge >= 0.3 is 0 Å². The summed E-state index contributed by atoms with van der Waals surface area (Å²) in [5.74, 6) is 1.83. The van der Waals surface area contributed by atoms with E-state index in [-0.39, 0.29) is 0 Å². The number of aryl methyl sites for hydroxylation is 3. The number of hydrogen-bond acceptors (Lipinski definition) is 1. The van der Waals surface area contributed by atoms with E-state index in [2.05, 4.69) is 45.1 Å². The zero-order valence-electron chi connectivity index (χ0n) is 13.1. The summed E-state index contributed by atoms with van der Waals surface area (Å²) in [7, 11) is 0. The van der Waals surface area contributed by atoms with Crippen LogP contribution >= 0.6 is 0 Å². The highest BCUT2D eigenvalue weighted by molar-refractivity contribution is 5.36. The van der Waals surface area contributed by atoms with Gasteiger partial charge in [-0.2, -0.15) is 0 Å². The molecule has 0 aromatic heterocycles. The van der Waals surface area contributed by atoms with Crippen molar-refractivity contribution < 1.29 is 0 Å². The van der Waals surface area contributed by atoms with Crippen LogP contribution in [-0.2, 0) is 6.54 Å². The third kappa shape index (κ3) is 4.07. The fourth-order valence-corrected chi connectivity index (χ4v) is 3.37. The molecule has 1 heteroatoms. The Balaban J connectivity index is 1.84. The van der Waals surface area contributed by atoms with E-state index in [4.69, 9.17) is 0 Å². The molecule has 1 fully saturated rings. The highest BCUT2D eigenvalue weighted by atomic mass is 14.9. The Hall–Kier alpha value is -0.820. The fraction of sp³-hybridized carbons (Fsp3) is 0.667. The first kappa shape index (κ1) is 14.6. The molecule has 0 radical (unpaired) electrons. The van der Waals surface area contributed by atoms with E-state index in [9.17, 15) is 0 Å². The lowest BCUT2D eigenvalue weighted by molar-refractivity contribution is 0.274. The molecule has 19 heavy (non-hydrogen) atoms. The zero-order chi connectivity index (χ0) is 13.8. The second-order valence-corrected chi connectivity index (χ2v) is 6.63. The molecule has 1 aliphatic carbocycles. The van der Waals surface area contributed by atoms with Crippen LogP contribution in [0.1, 0.15) is 54.9 Å². The normalized spacial score (nSPS) is 23.6. The molecule has 1 N–H and O–H groups in total. The van der Waals surface area contributed by atoms with Crippen LogP contribution in [0.2, 0.25) is 0 Å². The molecule has 0 spiro atoms. The Bertz CT molecular complexity index is 422. The quantitative estimate of drug-likeness (QED) is 0.838. The van der Waals surface area contributed by atoms with Gasteiger partial charge in [0.15, 0.2) is 0 Å². The van der Waals surface area contributed by atoms with Gasteiger partial charge in [-0.05, 0) is 74.2 Å². The molecule has 0 saturated heterocycles. The zero-order valence-corrected chi connectivity index (χ0v) is 13.1. The Labute approximate surface area is 118 Å². The van der Waals surface area contributed by atoms with Crippen LogP contribution in [0.3, 0.4) is 0 Å². The lowest BCUT2D eigenvalue weighted by Gasteiger charge is -2.27. The lowest BCUT2D eigenvalue weighted by atomic mass is 9.82. The second-order valence-electron chi connectivity index (χ2n) is 6.63. The van der Waals surface area contributed by atoms with E-state index in [0.717, 1.165) is 18.4 Å². The van der Waals surface area contributed by atoms with Gasteiger partial charge in [0.1, 0.15) is 0 Å². The minimum atomic E-state index is 0.899. The van der Waals surface area contributed by atoms with E-state index in [0.29, 0.717) is 0 Å². The number of nitrogens with one attached hydrogen (secondary N) is 1. The molecule has 1 aromatic rings. The molecule has 0 aliphatic heterocycles. The van der Waals surface area contributed by atoms with Crippen LogP contribution in [0.4, 0.5) is 0 Å². The van der Waals surface area contributed by atoms with Crippen LogP contribution < -0.4 is 5.32 Å². The van der Waals surface area contributed by atoms with Gasteiger partial charge in [-0.3, -0.25) is 0 Å². The number of hydrogen-bond donors (Lipinski definition) is 1. The SMILES string of the molecule is Cc1cc(C)c(CNCC2CCCC(C)C2)cc1C. The van der Waals surface area contributed by atoms with Gasteiger partial charge < -0.3 is 5.32 Å².